The van der Waals surface area contributed by atoms with Crippen molar-refractivity contribution in [1.29, 1.82) is 0 Å². The zero-order chi connectivity index (χ0) is 51.7. The quantitative estimate of drug-likeness (QED) is 0.152. The van der Waals surface area contributed by atoms with E-state index in [1.54, 1.807) is 0 Å². The summed E-state index contributed by atoms with van der Waals surface area (Å²) in [4.78, 5) is 4.59. The molecule has 7 nitrogen and oxygen atoms in total. The fourth-order valence-electron chi connectivity index (χ4n) is 12.6. The van der Waals surface area contributed by atoms with Gasteiger partial charge < -0.3 is 32.2 Å². The third-order valence-corrected chi connectivity index (χ3v) is 16.0. The van der Waals surface area contributed by atoms with E-state index in [0.29, 0.717) is 0 Å². The van der Waals surface area contributed by atoms with Crippen molar-refractivity contribution < 1.29 is 13.3 Å². The van der Waals surface area contributed by atoms with Gasteiger partial charge in [-0.05, 0) is 158 Å². The van der Waals surface area contributed by atoms with E-state index in [1.807, 2.05) is 0 Å². The second-order valence-electron chi connectivity index (χ2n) is 20.4. The van der Waals surface area contributed by atoms with Crippen molar-refractivity contribution in [2.45, 2.75) is 0 Å². The molecule has 12 aromatic carbocycles. The van der Waals surface area contributed by atoms with Gasteiger partial charge in [-0.1, -0.05) is 109 Å². The summed E-state index contributed by atoms with van der Waals surface area (Å²) in [5.74, 6) is 0. The normalized spacial score (nSPS) is 12.1. The number of rotatable bonds is 8. The van der Waals surface area contributed by atoms with E-state index < -0.39 is 0 Å². The number of para-hydroxylation sites is 6. The average molecular weight is 1010 g/mol. The summed E-state index contributed by atoms with van der Waals surface area (Å²) < 4.78 is 25.2. The Morgan fingerprint density at radius 1 is 0.228 bits per heavy atom. The molecule has 0 atom stereocenters. The fraction of sp³-hybridized carbons (Fsp3) is 0. The maximum atomic E-state index is 7.38. The molecule has 17 rings (SSSR count). The number of fused-ring (bicyclic) bond motifs is 17. The summed E-state index contributed by atoms with van der Waals surface area (Å²) in [5, 5.41) is 10.8. The zero-order valence-electron chi connectivity index (χ0n) is 42.4. The zero-order valence-corrected chi connectivity index (χ0v) is 42.4. The number of benzene rings is 12. The molecule has 0 saturated heterocycles. The number of hydrogen-bond donors (Lipinski definition) is 0. The van der Waals surface area contributed by atoms with Gasteiger partial charge in [0, 0.05) is 88.6 Å². The maximum absolute atomic E-state index is 7.38. The third-order valence-electron chi connectivity index (χ3n) is 16.0. The Kier molecular flexibility index (Phi) is 9.28. The van der Waals surface area contributed by atoms with Crippen LogP contribution >= 0.6 is 0 Å². The number of hydrogen-bond acceptors (Lipinski definition) is 5. The van der Waals surface area contributed by atoms with Gasteiger partial charge in [-0.3, -0.25) is 0 Å². The Balaban J connectivity index is 0.825. The van der Waals surface area contributed by atoms with Crippen LogP contribution in [0.2, 0.25) is 0 Å². The Labute approximate surface area is 451 Å². The molecule has 0 saturated carbocycles. The molecular weight excluding hydrogens is 969 g/mol. The Hall–Kier alpha value is -10.8. The van der Waals surface area contributed by atoms with Gasteiger partial charge in [0.05, 0.1) is 32.8 Å². The SMILES string of the molecule is c1ccc(N(c2ccccc2)c2ccc3oc4ccc(-n5c6ccccc6c6c7oc8c(ccc9c8c8ccccc8n9-c8ccc9oc%10ccc(N(c%11ccccc%11)c%11ccccc%11)cc%10c9c8)c7ccc65)cc4c3c2)cc1. The van der Waals surface area contributed by atoms with Crippen LogP contribution in [0.3, 0.4) is 0 Å². The second-order valence-corrected chi connectivity index (χ2v) is 20.4. The number of furan rings is 3. The highest BCUT2D eigenvalue weighted by Crippen LogP contribution is 2.47. The van der Waals surface area contributed by atoms with Gasteiger partial charge in [-0.15, -0.1) is 0 Å². The van der Waals surface area contributed by atoms with Gasteiger partial charge in [0.1, 0.15) is 33.5 Å². The molecule has 0 fully saturated rings. The van der Waals surface area contributed by atoms with Crippen LogP contribution in [0, 0.1) is 0 Å². The molecular formula is C72H44N4O3. The molecule has 0 bridgehead atoms. The highest BCUT2D eigenvalue weighted by Gasteiger charge is 2.24. The highest BCUT2D eigenvalue weighted by molar-refractivity contribution is 6.29. The van der Waals surface area contributed by atoms with Crippen molar-refractivity contribution in [3.63, 3.8) is 0 Å². The topological polar surface area (TPSA) is 55.8 Å². The Bertz CT molecular complexity index is 4850. The summed E-state index contributed by atoms with van der Waals surface area (Å²) in [7, 11) is 0. The summed E-state index contributed by atoms with van der Waals surface area (Å²) in [6.45, 7) is 0. The molecule has 0 radical (unpaired) electrons. The summed E-state index contributed by atoms with van der Waals surface area (Å²) in [6, 6.07) is 94.6. The molecule has 0 N–H and O–H groups in total. The summed E-state index contributed by atoms with van der Waals surface area (Å²) in [5.41, 5.74) is 18.0. The molecule has 0 amide bonds. The van der Waals surface area contributed by atoms with E-state index in [2.05, 4.69) is 286 Å². The predicted octanol–water partition coefficient (Wildman–Crippen LogP) is 20.5. The van der Waals surface area contributed by atoms with Gasteiger partial charge in [-0.25, -0.2) is 0 Å². The summed E-state index contributed by atoms with van der Waals surface area (Å²) >= 11 is 0. The van der Waals surface area contributed by atoms with Crippen molar-refractivity contribution in [2.75, 3.05) is 9.80 Å². The smallest absolute Gasteiger partial charge is 0.145 e. The molecule has 5 heterocycles. The van der Waals surface area contributed by atoms with Crippen LogP contribution in [0.1, 0.15) is 0 Å². The first-order valence-electron chi connectivity index (χ1n) is 26.7. The van der Waals surface area contributed by atoms with Crippen LogP contribution in [0.5, 0.6) is 0 Å². The van der Waals surface area contributed by atoms with Gasteiger partial charge >= 0.3 is 0 Å². The van der Waals surface area contributed by atoms with Crippen molar-refractivity contribution in [1.82, 2.24) is 9.13 Å². The molecule has 0 aliphatic rings. The van der Waals surface area contributed by atoms with Crippen molar-refractivity contribution in [2.24, 2.45) is 0 Å². The first kappa shape index (κ1) is 43.5. The number of aromatic nitrogens is 2. The Morgan fingerprint density at radius 2 is 0.570 bits per heavy atom. The standard InChI is InChI=1S/C72H44N4O3/c1-5-17-45(18-6-1)73(46-19-7-2-8-20-46)49-29-37-65-57(41-49)59-43-51(31-39-67(59)77-65)75-61-27-15-13-25-55(61)69-63(75)35-33-53-54-34-36-64-70(72(54)79-71(53)69)56-26-14-16-28-62(56)76(64)52-32-40-68-60(44-52)58-42-50(30-38-66(58)78-68)74(47-21-9-3-10-22-47)48-23-11-4-12-24-48/h1-44H. The van der Waals surface area contributed by atoms with Gasteiger partial charge in [0.25, 0.3) is 0 Å². The molecule has 0 aliphatic carbocycles. The summed E-state index contributed by atoms with van der Waals surface area (Å²) in [6.07, 6.45) is 0. The van der Waals surface area contributed by atoms with Crippen LogP contribution in [0.25, 0.3) is 121 Å². The van der Waals surface area contributed by atoms with Crippen LogP contribution < -0.4 is 9.80 Å². The van der Waals surface area contributed by atoms with Crippen molar-refractivity contribution in [3.8, 4) is 11.4 Å². The van der Waals surface area contributed by atoms with Gasteiger partial charge in [0.2, 0.25) is 0 Å². The van der Waals surface area contributed by atoms with E-state index in [1.165, 1.54) is 0 Å². The molecule has 17 aromatic rings. The van der Waals surface area contributed by atoms with E-state index in [-0.39, 0.29) is 0 Å². The van der Waals surface area contributed by atoms with E-state index >= 15 is 0 Å². The second kappa shape index (κ2) is 16.9. The number of anilines is 6. The lowest BCUT2D eigenvalue weighted by molar-refractivity contribution is 0.668. The lowest BCUT2D eigenvalue weighted by Crippen LogP contribution is -2.09. The van der Waals surface area contributed by atoms with E-state index in [4.69, 9.17) is 13.3 Å². The lowest BCUT2D eigenvalue weighted by Gasteiger charge is -2.25. The average Bonchev–Trinajstić information content (AvgIpc) is 3.80. The Morgan fingerprint density at radius 3 is 0.962 bits per heavy atom. The fourth-order valence-corrected chi connectivity index (χ4v) is 12.6. The van der Waals surface area contributed by atoms with Crippen molar-refractivity contribution in [3.05, 3.63) is 267 Å². The largest absolute Gasteiger partial charge is 0.456 e. The van der Waals surface area contributed by atoms with Gasteiger partial charge in [0.15, 0.2) is 0 Å². The van der Waals surface area contributed by atoms with Gasteiger partial charge in [-0.2, -0.15) is 0 Å². The van der Waals surface area contributed by atoms with Crippen LogP contribution in [0.15, 0.2) is 280 Å². The highest BCUT2D eigenvalue weighted by atomic mass is 16.3. The van der Waals surface area contributed by atoms with E-state index in [0.717, 1.165) is 155 Å². The minimum atomic E-state index is 0.840. The minimum absolute atomic E-state index is 0.840. The molecule has 0 unspecified atom stereocenters. The van der Waals surface area contributed by atoms with Crippen molar-refractivity contribution >= 4 is 144 Å². The molecule has 0 spiro atoms. The lowest BCUT2D eigenvalue weighted by atomic mass is 10.1. The van der Waals surface area contributed by atoms with Crippen LogP contribution in [-0.2, 0) is 0 Å². The molecule has 5 aromatic heterocycles. The molecule has 0 aliphatic heterocycles. The third kappa shape index (κ3) is 6.54. The van der Waals surface area contributed by atoms with Crippen LogP contribution in [-0.4, -0.2) is 9.13 Å². The number of nitrogens with zero attached hydrogens (tertiary/aromatic N) is 4. The first-order valence-corrected chi connectivity index (χ1v) is 26.7. The van der Waals surface area contributed by atoms with E-state index in [9.17, 15) is 0 Å². The predicted molar refractivity (Wildman–Crippen MR) is 326 cm³/mol. The first-order chi connectivity index (χ1) is 39.2. The molecule has 7 heteroatoms. The monoisotopic (exact) mass is 1010 g/mol. The van der Waals surface area contributed by atoms with Crippen LogP contribution in [0.4, 0.5) is 34.1 Å². The minimum Gasteiger partial charge on any atom is -0.456 e. The molecule has 370 valence electrons. The molecule has 79 heavy (non-hydrogen) atoms. The maximum Gasteiger partial charge on any atom is 0.145 e.